The van der Waals surface area contributed by atoms with E-state index in [-0.39, 0.29) is 24.1 Å². The summed E-state index contributed by atoms with van der Waals surface area (Å²) in [7, 11) is 0. The van der Waals surface area contributed by atoms with Gasteiger partial charge in [0.05, 0.1) is 12.2 Å². The standard InChI is InChI=1S/C38H56O3/c1-26(2)11-10-12-27(3)33-18-19-34-32-17-16-29-25-30(20-22-37(29,4)35(32)21-23-38(33,34)5)41-36(40)31-15-7-6-13-28(31)14-8-9-24-39/h6-7,13-16,26-27,30,32-35H,8-12,17-25H2,1-5H3/t27-,30?,32?,33-,34?,35?,37+,38-/m1/s1. The first-order valence-electron chi connectivity index (χ1n) is 17.1. The van der Waals surface area contributed by atoms with E-state index in [0.29, 0.717) is 23.8 Å². The predicted octanol–water partition coefficient (Wildman–Crippen LogP) is 10.0. The van der Waals surface area contributed by atoms with Gasteiger partial charge in [-0.1, -0.05) is 83.7 Å². The fourth-order valence-electron chi connectivity index (χ4n) is 10.2. The van der Waals surface area contributed by atoms with Crippen LogP contribution >= 0.6 is 0 Å². The number of unbranched alkanes of at least 4 members (excludes halogenated alkanes) is 1. The molecular weight excluding hydrogens is 504 g/mol. The summed E-state index contributed by atoms with van der Waals surface area (Å²) in [4.78, 5) is 13.3. The molecule has 226 valence electrons. The Morgan fingerprint density at radius 1 is 1.00 bits per heavy atom. The topological polar surface area (TPSA) is 46.2 Å². The summed E-state index contributed by atoms with van der Waals surface area (Å²) in [6.07, 6.45) is 19.9. The van der Waals surface area contributed by atoms with E-state index in [2.05, 4.69) is 40.7 Å². The van der Waals surface area contributed by atoms with Crippen molar-refractivity contribution in [3.8, 4) is 0 Å². The Bertz CT molecular complexity index is 1070. The van der Waals surface area contributed by atoms with E-state index >= 15 is 0 Å². The number of fused-ring (bicyclic) bond motifs is 5. The second kappa shape index (κ2) is 12.9. The van der Waals surface area contributed by atoms with Gasteiger partial charge in [-0.15, -0.1) is 0 Å². The minimum absolute atomic E-state index is 0.0375. The Labute approximate surface area is 250 Å². The zero-order chi connectivity index (χ0) is 29.2. The maximum Gasteiger partial charge on any atom is 0.338 e. The molecule has 0 amide bonds. The Hall–Kier alpha value is -1.61. The van der Waals surface area contributed by atoms with Crippen molar-refractivity contribution >= 4 is 5.97 Å². The van der Waals surface area contributed by atoms with Gasteiger partial charge >= 0.3 is 5.97 Å². The van der Waals surface area contributed by atoms with Crippen LogP contribution in [0.15, 0.2) is 35.9 Å². The first-order valence-corrected chi connectivity index (χ1v) is 17.1. The van der Waals surface area contributed by atoms with Gasteiger partial charge in [0.2, 0.25) is 0 Å². The van der Waals surface area contributed by atoms with E-state index in [1.54, 1.807) is 5.57 Å². The maximum absolute atomic E-state index is 13.3. The highest BCUT2D eigenvalue weighted by Gasteiger charge is 2.59. The molecular formula is C38H56O3. The smallest absolute Gasteiger partial charge is 0.338 e. The fourth-order valence-corrected chi connectivity index (χ4v) is 10.2. The van der Waals surface area contributed by atoms with Gasteiger partial charge in [0, 0.05) is 6.42 Å². The average Bonchev–Trinajstić information content (AvgIpc) is 3.30. The number of hydrogen-bond donors (Lipinski definition) is 0. The molecule has 4 unspecified atom stereocenters. The molecule has 0 heterocycles. The number of carbonyl (C=O) groups excluding carboxylic acids is 1. The minimum atomic E-state index is -0.213. The van der Waals surface area contributed by atoms with Crippen LogP contribution in [0.1, 0.15) is 134 Å². The van der Waals surface area contributed by atoms with Crippen molar-refractivity contribution in [2.75, 3.05) is 6.61 Å². The number of esters is 1. The third-order valence-corrected chi connectivity index (χ3v) is 12.4. The van der Waals surface area contributed by atoms with Gasteiger partial charge < -0.3 is 4.74 Å². The Morgan fingerprint density at radius 2 is 1.80 bits per heavy atom. The quantitative estimate of drug-likeness (QED) is 0.154. The highest BCUT2D eigenvalue weighted by atomic mass is 16.5. The molecule has 1 aromatic carbocycles. The molecule has 41 heavy (non-hydrogen) atoms. The van der Waals surface area contributed by atoms with Gasteiger partial charge in [0.1, 0.15) is 6.10 Å². The van der Waals surface area contributed by atoms with E-state index in [4.69, 9.17) is 4.74 Å². The molecule has 4 aliphatic rings. The summed E-state index contributed by atoms with van der Waals surface area (Å²) >= 11 is 0. The molecule has 0 spiro atoms. The molecule has 3 heteroatoms. The lowest BCUT2D eigenvalue weighted by atomic mass is 9.47. The summed E-state index contributed by atoms with van der Waals surface area (Å²) < 4.78 is 6.17. The molecule has 3 nitrogen and oxygen atoms in total. The van der Waals surface area contributed by atoms with Gasteiger partial charge in [-0.3, -0.25) is 0 Å². The summed E-state index contributed by atoms with van der Waals surface area (Å²) in [5, 5.41) is 10.9. The van der Waals surface area contributed by atoms with E-state index in [1.807, 2.05) is 30.7 Å². The molecule has 0 aromatic heterocycles. The third-order valence-electron chi connectivity index (χ3n) is 12.4. The zero-order valence-corrected chi connectivity index (χ0v) is 26.6. The van der Waals surface area contributed by atoms with Gasteiger partial charge in [-0.25, -0.2) is 9.90 Å². The largest absolute Gasteiger partial charge is 0.458 e. The molecule has 0 bridgehead atoms. The summed E-state index contributed by atoms with van der Waals surface area (Å²) in [5.41, 5.74) is 3.87. The van der Waals surface area contributed by atoms with E-state index < -0.39 is 0 Å². The van der Waals surface area contributed by atoms with Crippen molar-refractivity contribution in [3.05, 3.63) is 53.5 Å². The normalized spacial score (nSPS) is 35.3. The number of benzene rings is 1. The molecule has 4 aliphatic carbocycles. The Balaban J connectivity index is 1.23. The van der Waals surface area contributed by atoms with Crippen molar-refractivity contribution in [2.45, 2.75) is 124 Å². The lowest BCUT2D eigenvalue weighted by molar-refractivity contribution is -0.0594. The average molecular weight is 561 g/mol. The van der Waals surface area contributed by atoms with Crippen LogP contribution in [0.4, 0.5) is 0 Å². The van der Waals surface area contributed by atoms with Gasteiger partial charge in [-0.05, 0) is 122 Å². The summed E-state index contributed by atoms with van der Waals surface area (Å²) in [5.74, 6) is 4.84. The molecule has 1 aromatic rings. The maximum atomic E-state index is 13.3. The molecule has 0 aliphatic heterocycles. The van der Waals surface area contributed by atoms with Crippen LogP contribution in [0.3, 0.4) is 0 Å². The number of ether oxygens (including phenoxy) is 1. The van der Waals surface area contributed by atoms with Gasteiger partial charge in [0.25, 0.3) is 0 Å². The number of carbonyl (C=O) groups is 1. The molecule has 2 radical (unpaired) electrons. The number of hydrogen-bond acceptors (Lipinski definition) is 2. The Kier molecular flexibility index (Phi) is 9.74. The van der Waals surface area contributed by atoms with Crippen LogP contribution in [-0.4, -0.2) is 18.7 Å². The first-order chi connectivity index (χ1) is 19.7. The van der Waals surface area contributed by atoms with Crippen molar-refractivity contribution in [1.82, 2.24) is 0 Å². The van der Waals surface area contributed by atoms with Gasteiger partial charge in [0.15, 0.2) is 0 Å². The lowest BCUT2D eigenvalue weighted by Gasteiger charge is -2.58. The monoisotopic (exact) mass is 560 g/mol. The van der Waals surface area contributed by atoms with Gasteiger partial charge in [-0.2, -0.15) is 0 Å². The molecule has 8 atom stereocenters. The summed E-state index contributed by atoms with van der Waals surface area (Å²) in [6.45, 7) is 12.4. The van der Waals surface area contributed by atoms with E-state index in [1.165, 1.54) is 51.4 Å². The van der Waals surface area contributed by atoms with Crippen LogP contribution in [0.2, 0.25) is 0 Å². The van der Waals surface area contributed by atoms with Crippen molar-refractivity contribution in [1.29, 1.82) is 0 Å². The molecule has 0 N–H and O–H groups in total. The predicted molar refractivity (Wildman–Crippen MR) is 167 cm³/mol. The second-order valence-electron chi connectivity index (χ2n) is 15.2. The number of rotatable bonds is 11. The SMILES string of the molecule is CC(C)CCC[C@@H](C)[C@H]1CCC2C3CC=C4CC(OC(=O)c5ccccc5[CH]CCC[O])CC[C@]4(C)C3CC[C@@]21C. The third kappa shape index (κ3) is 6.22. The lowest BCUT2D eigenvalue weighted by Crippen LogP contribution is -2.51. The van der Waals surface area contributed by atoms with Crippen molar-refractivity contribution in [3.63, 3.8) is 0 Å². The molecule has 3 saturated carbocycles. The molecule has 5 rings (SSSR count). The van der Waals surface area contributed by atoms with Crippen LogP contribution < -0.4 is 0 Å². The van der Waals surface area contributed by atoms with E-state index in [9.17, 15) is 9.90 Å². The van der Waals surface area contributed by atoms with Crippen molar-refractivity contribution in [2.24, 2.45) is 46.3 Å². The Morgan fingerprint density at radius 3 is 2.59 bits per heavy atom. The van der Waals surface area contributed by atoms with Crippen molar-refractivity contribution < 1.29 is 14.6 Å². The fraction of sp³-hybridized carbons (Fsp3) is 0.737. The minimum Gasteiger partial charge on any atom is -0.458 e. The van der Waals surface area contributed by atoms with Crippen LogP contribution in [0.5, 0.6) is 0 Å². The highest BCUT2D eigenvalue weighted by molar-refractivity contribution is 5.91. The van der Waals surface area contributed by atoms with Crippen LogP contribution in [0.25, 0.3) is 0 Å². The molecule has 0 saturated heterocycles. The number of allylic oxidation sites excluding steroid dienone is 1. The van der Waals surface area contributed by atoms with Crippen LogP contribution in [-0.2, 0) is 9.84 Å². The van der Waals surface area contributed by atoms with E-state index in [0.717, 1.165) is 60.3 Å². The first kappa shape index (κ1) is 30.8. The molecule has 3 fully saturated rings. The second-order valence-corrected chi connectivity index (χ2v) is 15.2. The highest BCUT2D eigenvalue weighted by Crippen LogP contribution is 2.67. The van der Waals surface area contributed by atoms with Crippen LogP contribution in [0, 0.1) is 52.8 Å². The zero-order valence-electron chi connectivity index (χ0n) is 26.6. The summed E-state index contributed by atoms with van der Waals surface area (Å²) in [6, 6.07) is 7.67.